The van der Waals surface area contributed by atoms with E-state index in [1.54, 1.807) is 7.11 Å². The lowest BCUT2D eigenvalue weighted by Crippen LogP contribution is -2.13. The zero-order valence-electron chi connectivity index (χ0n) is 11.6. The van der Waals surface area contributed by atoms with Crippen molar-refractivity contribution in [3.05, 3.63) is 47.7 Å². The number of para-hydroxylation sites is 1. The van der Waals surface area contributed by atoms with E-state index in [9.17, 15) is 0 Å². The summed E-state index contributed by atoms with van der Waals surface area (Å²) in [5.41, 5.74) is 3.31. The zero-order valence-corrected chi connectivity index (χ0v) is 11.6. The number of anilines is 1. The number of nitrogens with one attached hydrogen (secondary N) is 1. The molecule has 0 amide bonds. The molecule has 0 spiro atoms. The second-order valence-corrected chi connectivity index (χ2v) is 4.78. The van der Waals surface area contributed by atoms with Gasteiger partial charge in [0, 0.05) is 12.6 Å². The summed E-state index contributed by atoms with van der Waals surface area (Å²) >= 11 is 0. The van der Waals surface area contributed by atoms with Crippen LogP contribution in [0.2, 0.25) is 0 Å². The van der Waals surface area contributed by atoms with Gasteiger partial charge in [-0.25, -0.2) is 4.98 Å². The highest BCUT2D eigenvalue weighted by Gasteiger charge is 2.13. The Morgan fingerprint density at radius 2 is 2.10 bits per heavy atom. The zero-order chi connectivity index (χ0) is 13.8. The van der Waals surface area contributed by atoms with E-state index in [1.165, 1.54) is 12.0 Å². The van der Waals surface area contributed by atoms with E-state index in [-0.39, 0.29) is 0 Å². The van der Waals surface area contributed by atoms with Crippen LogP contribution < -0.4 is 14.8 Å². The summed E-state index contributed by atoms with van der Waals surface area (Å²) in [5.74, 6) is 1.51. The van der Waals surface area contributed by atoms with Crippen molar-refractivity contribution in [3.8, 4) is 11.6 Å². The largest absolute Gasteiger partial charge is 0.485 e. The van der Waals surface area contributed by atoms with Crippen LogP contribution >= 0.6 is 0 Å². The van der Waals surface area contributed by atoms with Gasteiger partial charge in [-0.2, -0.15) is 0 Å². The van der Waals surface area contributed by atoms with Crippen molar-refractivity contribution in [2.75, 3.05) is 19.0 Å². The monoisotopic (exact) mass is 270 g/mol. The third-order valence-electron chi connectivity index (χ3n) is 3.40. The summed E-state index contributed by atoms with van der Waals surface area (Å²) in [6, 6.07) is 11.9. The van der Waals surface area contributed by atoms with E-state index in [4.69, 9.17) is 9.47 Å². The minimum atomic E-state index is 0.440. The molecule has 0 unspecified atom stereocenters. The van der Waals surface area contributed by atoms with Crippen molar-refractivity contribution in [2.45, 2.75) is 19.4 Å². The van der Waals surface area contributed by atoms with Crippen LogP contribution in [0.5, 0.6) is 11.6 Å². The molecular formula is C16H18N2O2. The first-order valence-electron chi connectivity index (χ1n) is 6.85. The molecule has 4 nitrogen and oxygen atoms in total. The lowest BCUT2D eigenvalue weighted by atomic mass is 10.0. The number of ether oxygens (including phenoxy) is 2. The van der Waals surface area contributed by atoms with Crippen molar-refractivity contribution in [3.63, 3.8) is 0 Å². The normalized spacial score (nSPS) is 13.2. The number of nitrogens with zero attached hydrogens (tertiary/aromatic N) is 1. The first-order chi connectivity index (χ1) is 9.86. The highest BCUT2D eigenvalue weighted by atomic mass is 16.5. The Bertz CT molecular complexity index is 599. The summed E-state index contributed by atoms with van der Waals surface area (Å²) in [6.07, 6.45) is 2.28. The molecule has 0 bridgehead atoms. The Morgan fingerprint density at radius 1 is 1.20 bits per heavy atom. The van der Waals surface area contributed by atoms with E-state index in [0.717, 1.165) is 30.1 Å². The molecule has 1 N–H and O–H groups in total. The van der Waals surface area contributed by atoms with Crippen LogP contribution in [0.25, 0.3) is 0 Å². The molecule has 0 fully saturated rings. The van der Waals surface area contributed by atoms with Crippen LogP contribution in [0.4, 0.5) is 5.69 Å². The van der Waals surface area contributed by atoms with Gasteiger partial charge in [0.1, 0.15) is 12.4 Å². The van der Waals surface area contributed by atoms with Crippen LogP contribution in [-0.2, 0) is 13.0 Å². The van der Waals surface area contributed by atoms with Gasteiger partial charge in [0.2, 0.25) is 5.88 Å². The molecule has 1 aromatic heterocycles. The number of aromatic nitrogens is 1. The maximum Gasteiger partial charge on any atom is 0.213 e. The first-order valence-corrected chi connectivity index (χ1v) is 6.85. The molecule has 0 radical (unpaired) electrons. The van der Waals surface area contributed by atoms with E-state index in [1.807, 2.05) is 30.3 Å². The highest BCUT2D eigenvalue weighted by molar-refractivity contribution is 5.63. The second-order valence-electron chi connectivity index (χ2n) is 4.78. The molecule has 104 valence electrons. The Kier molecular flexibility index (Phi) is 3.72. The van der Waals surface area contributed by atoms with Gasteiger partial charge in [0.25, 0.3) is 0 Å². The summed E-state index contributed by atoms with van der Waals surface area (Å²) in [5, 5.41) is 3.42. The quantitative estimate of drug-likeness (QED) is 0.927. The molecule has 20 heavy (non-hydrogen) atoms. The lowest BCUT2D eigenvalue weighted by molar-refractivity contribution is 0.299. The van der Waals surface area contributed by atoms with Gasteiger partial charge in [-0.3, -0.25) is 0 Å². The SMILES string of the molecule is COc1cccc(COc2cccc3c2NCCC3)n1. The van der Waals surface area contributed by atoms with E-state index >= 15 is 0 Å². The molecular weight excluding hydrogens is 252 g/mol. The van der Waals surface area contributed by atoms with Crippen molar-refractivity contribution in [1.29, 1.82) is 0 Å². The molecule has 0 aliphatic carbocycles. The Morgan fingerprint density at radius 3 is 3.00 bits per heavy atom. The first kappa shape index (κ1) is 12.8. The molecule has 4 heteroatoms. The maximum absolute atomic E-state index is 5.91. The minimum Gasteiger partial charge on any atom is -0.485 e. The van der Waals surface area contributed by atoms with Gasteiger partial charge in [-0.05, 0) is 30.5 Å². The van der Waals surface area contributed by atoms with Gasteiger partial charge in [-0.1, -0.05) is 18.2 Å². The van der Waals surface area contributed by atoms with E-state index in [0.29, 0.717) is 12.5 Å². The van der Waals surface area contributed by atoms with Crippen LogP contribution in [0.15, 0.2) is 36.4 Å². The number of methoxy groups -OCH3 is 1. The third-order valence-corrected chi connectivity index (χ3v) is 3.40. The van der Waals surface area contributed by atoms with Gasteiger partial charge >= 0.3 is 0 Å². The van der Waals surface area contributed by atoms with Crippen LogP contribution in [-0.4, -0.2) is 18.6 Å². The van der Waals surface area contributed by atoms with E-state index < -0.39 is 0 Å². The van der Waals surface area contributed by atoms with Gasteiger partial charge in [0.05, 0.1) is 18.5 Å². The van der Waals surface area contributed by atoms with E-state index in [2.05, 4.69) is 16.4 Å². The molecule has 2 heterocycles. The van der Waals surface area contributed by atoms with Crippen molar-refractivity contribution in [2.24, 2.45) is 0 Å². The fourth-order valence-electron chi connectivity index (χ4n) is 2.40. The second kappa shape index (κ2) is 5.82. The topological polar surface area (TPSA) is 43.4 Å². The van der Waals surface area contributed by atoms with Crippen molar-refractivity contribution >= 4 is 5.69 Å². The number of benzene rings is 1. The average Bonchev–Trinajstić information content (AvgIpc) is 2.53. The smallest absolute Gasteiger partial charge is 0.213 e. The molecule has 3 rings (SSSR count). The predicted octanol–water partition coefficient (Wildman–Crippen LogP) is 3.03. The average molecular weight is 270 g/mol. The fraction of sp³-hybridized carbons (Fsp3) is 0.312. The van der Waals surface area contributed by atoms with Crippen molar-refractivity contribution in [1.82, 2.24) is 4.98 Å². The number of aryl methyl sites for hydroxylation is 1. The number of rotatable bonds is 4. The standard InChI is InChI=1S/C16H18N2O2/c1-19-15-9-3-7-13(18-15)11-20-14-8-2-5-12-6-4-10-17-16(12)14/h2-3,5,7-9,17H,4,6,10-11H2,1H3. The van der Waals surface area contributed by atoms with Crippen molar-refractivity contribution < 1.29 is 9.47 Å². The van der Waals surface area contributed by atoms with Gasteiger partial charge in [0.15, 0.2) is 0 Å². The lowest BCUT2D eigenvalue weighted by Gasteiger charge is -2.21. The molecule has 0 saturated heterocycles. The highest BCUT2D eigenvalue weighted by Crippen LogP contribution is 2.32. The Labute approximate surface area is 118 Å². The molecule has 1 aromatic carbocycles. The molecule has 0 saturated carbocycles. The van der Waals surface area contributed by atoms with Crippen LogP contribution in [0.3, 0.4) is 0 Å². The Balaban J connectivity index is 1.75. The molecule has 0 atom stereocenters. The number of fused-ring (bicyclic) bond motifs is 1. The Hall–Kier alpha value is -2.23. The third kappa shape index (κ3) is 2.69. The summed E-state index contributed by atoms with van der Waals surface area (Å²) in [4.78, 5) is 4.35. The van der Waals surface area contributed by atoms with Gasteiger partial charge in [-0.15, -0.1) is 0 Å². The summed E-state index contributed by atoms with van der Waals surface area (Å²) in [7, 11) is 1.62. The van der Waals surface area contributed by atoms with Crippen LogP contribution in [0, 0.1) is 0 Å². The number of hydrogen-bond acceptors (Lipinski definition) is 4. The predicted molar refractivity (Wildman–Crippen MR) is 78.4 cm³/mol. The fourth-order valence-corrected chi connectivity index (χ4v) is 2.40. The van der Waals surface area contributed by atoms with Crippen LogP contribution in [0.1, 0.15) is 17.7 Å². The molecule has 1 aliphatic rings. The summed E-state index contributed by atoms with van der Waals surface area (Å²) < 4.78 is 11.0. The minimum absolute atomic E-state index is 0.440. The number of pyridine rings is 1. The molecule has 2 aromatic rings. The number of hydrogen-bond donors (Lipinski definition) is 1. The van der Waals surface area contributed by atoms with Gasteiger partial charge < -0.3 is 14.8 Å². The molecule has 1 aliphatic heterocycles. The maximum atomic E-state index is 5.91. The summed E-state index contributed by atoms with van der Waals surface area (Å²) in [6.45, 7) is 1.44.